The molecule has 2 aliphatic rings. The number of nitrogens with zero attached hydrogens (tertiary/aromatic N) is 2. The second kappa shape index (κ2) is 12.7. The van der Waals surface area contributed by atoms with E-state index in [1.165, 1.54) is 29.3 Å². The molecule has 6 rings (SSSR count). The lowest BCUT2D eigenvalue weighted by atomic mass is 9.98. The minimum absolute atomic E-state index is 0.00598. The molecule has 1 fully saturated rings. The van der Waals surface area contributed by atoms with Crippen molar-refractivity contribution in [1.29, 1.82) is 0 Å². The molecule has 1 aliphatic carbocycles. The molecule has 0 aromatic heterocycles. The van der Waals surface area contributed by atoms with E-state index in [4.69, 9.17) is 0 Å². The minimum atomic E-state index is -0.933. The molecule has 1 heterocycles. The van der Waals surface area contributed by atoms with Crippen LogP contribution >= 0.6 is 0 Å². The summed E-state index contributed by atoms with van der Waals surface area (Å²) in [7, 11) is 0. The van der Waals surface area contributed by atoms with Crippen molar-refractivity contribution in [1.82, 2.24) is 4.90 Å². The van der Waals surface area contributed by atoms with Gasteiger partial charge in [-0.3, -0.25) is 14.4 Å². The smallest absolute Gasteiger partial charge is 0.305 e. The molecule has 224 valence electrons. The van der Waals surface area contributed by atoms with E-state index in [1.54, 1.807) is 11.0 Å². The van der Waals surface area contributed by atoms with Crippen LogP contribution in [-0.4, -0.2) is 40.9 Å². The zero-order valence-corrected chi connectivity index (χ0v) is 24.3. The first kappa shape index (κ1) is 29.1. The van der Waals surface area contributed by atoms with Gasteiger partial charge in [0.1, 0.15) is 5.82 Å². The molecular weight excluding hydrogens is 557 g/mol. The van der Waals surface area contributed by atoms with Crippen molar-refractivity contribution in [2.45, 2.75) is 38.8 Å². The van der Waals surface area contributed by atoms with Crippen molar-refractivity contribution >= 4 is 29.2 Å². The van der Waals surface area contributed by atoms with Crippen LogP contribution in [0.25, 0.3) is 11.1 Å². The van der Waals surface area contributed by atoms with Crippen LogP contribution in [-0.2, 0) is 29.1 Å². The van der Waals surface area contributed by atoms with Gasteiger partial charge < -0.3 is 20.2 Å². The maximum absolute atomic E-state index is 13.9. The molecule has 4 aromatic rings. The van der Waals surface area contributed by atoms with Crippen LogP contribution in [0.15, 0.2) is 91.0 Å². The van der Waals surface area contributed by atoms with Crippen molar-refractivity contribution in [2.24, 2.45) is 5.92 Å². The fourth-order valence-corrected chi connectivity index (χ4v) is 5.77. The molecule has 1 aliphatic heterocycles. The number of fused-ring (bicyclic) bond motifs is 1. The molecule has 2 amide bonds. The van der Waals surface area contributed by atoms with Crippen molar-refractivity contribution in [3.63, 3.8) is 0 Å². The first-order valence-electron chi connectivity index (χ1n) is 15.0. The first-order valence-corrected chi connectivity index (χ1v) is 15.0. The Hall–Kier alpha value is -4.98. The predicted octanol–water partition coefficient (Wildman–Crippen LogP) is 6.52. The lowest BCUT2D eigenvalue weighted by molar-refractivity contribution is -0.139. The molecule has 7 nitrogen and oxygen atoms in total. The number of aliphatic carboxylic acids is 1. The summed E-state index contributed by atoms with van der Waals surface area (Å²) < 4.78 is 13.9. The Labute approximate surface area is 255 Å². The third-order valence-electron chi connectivity index (χ3n) is 8.27. The molecule has 44 heavy (non-hydrogen) atoms. The van der Waals surface area contributed by atoms with E-state index in [-0.39, 0.29) is 30.4 Å². The summed E-state index contributed by atoms with van der Waals surface area (Å²) in [5, 5.41) is 12.2. The molecule has 0 unspecified atom stereocenters. The SMILES string of the molecule is O=C(O)CCN(Cc1cccc(-c2ccc(N3CCc4ccccc4C3)c(NC(=O)c3cccc(F)c3)c2)c1)C(=O)C1CC1. The summed E-state index contributed by atoms with van der Waals surface area (Å²) in [6.45, 7) is 1.98. The van der Waals surface area contributed by atoms with Crippen LogP contribution in [0.2, 0.25) is 0 Å². The summed E-state index contributed by atoms with van der Waals surface area (Å²) in [5.41, 5.74) is 6.95. The van der Waals surface area contributed by atoms with Gasteiger partial charge in [0.25, 0.3) is 5.91 Å². The summed E-state index contributed by atoms with van der Waals surface area (Å²) in [6, 6.07) is 27.8. The maximum Gasteiger partial charge on any atom is 0.305 e. The Morgan fingerprint density at radius 3 is 2.43 bits per heavy atom. The fraction of sp³-hybridized carbons (Fsp3) is 0.250. The highest BCUT2D eigenvalue weighted by Crippen LogP contribution is 2.36. The van der Waals surface area contributed by atoms with E-state index in [0.29, 0.717) is 18.8 Å². The quantitative estimate of drug-likeness (QED) is 0.219. The van der Waals surface area contributed by atoms with E-state index in [0.717, 1.165) is 48.2 Å². The van der Waals surface area contributed by atoms with Crippen LogP contribution in [0.4, 0.5) is 15.8 Å². The molecule has 0 bridgehead atoms. The number of carbonyl (C=O) groups is 3. The minimum Gasteiger partial charge on any atom is -0.481 e. The summed E-state index contributed by atoms with van der Waals surface area (Å²) in [6.07, 6.45) is 2.48. The largest absolute Gasteiger partial charge is 0.481 e. The molecular formula is C36H34FN3O4. The zero-order valence-electron chi connectivity index (χ0n) is 24.3. The number of rotatable bonds is 10. The zero-order chi connectivity index (χ0) is 30.6. The van der Waals surface area contributed by atoms with Crippen LogP contribution in [0.1, 0.15) is 46.3 Å². The number of carboxylic acids is 1. The number of hydrogen-bond donors (Lipinski definition) is 2. The topological polar surface area (TPSA) is 89.9 Å². The number of anilines is 2. The normalized spacial score (nSPS) is 14.1. The maximum atomic E-state index is 13.9. The average Bonchev–Trinajstić information content (AvgIpc) is 3.88. The molecule has 0 atom stereocenters. The Morgan fingerprint density at radius 1 is 0.886 bits per heavy atom. The molecule has 1 saturated carbocycles. The van der Waals surface area contributed by atoms with Gasteiger partial charge in [-0.05, 0) is 83.5 Å². The van der Waals surface area contributed by atoms with E-state index < -0.39 is 17.7 Å². The van der Waals surface area contributed by atoms with Crippen LogP contribution in [0.3, 0.4) is 0 Å². The predicted molar refractivity (Wildman–Crippen MR) is 168 cm³/mol. The Bertz CT molecular complexity index is 1720. The number of carboxylic acid groups (broad SMARTS) is 1. The molecule has 8 heteroatoms. The van der Waals surface area contributed by atoms with Crippen molar-refractivity contribution < 1.29 is 23.9 Å². The van der Waals surface area contributed by atoms with Gasteiger partial charge in [0.15, 0.2) is 0 Å². The number of nitrogens with one attached hydrogen (secondary N) is 1. The van der Waals surface area contributed by atoms with Crippen molar-refractivity contribution in [2.75, 3.05) is 23.3 Å². The Morgan fingerprint density at radius 2 is 1.66 bits per heavy atom. The van der Waals surface area contributed by atoms with E-state index in [1.807, 2.05) is 48.5 Å². The third kappa shape index (κ3) is 6.80. The highest BCUT2D eigenvalue weighted by molar-refractivity contribution is 6.06. The van der Waals surface area contributed by atoms with Gasteiger partial charge in [0, 0.05) is 37.7 Å². The van der Waals surface area contributed by atoms with E-state index in [2.05, 4.69) is 28.4 Å². The second-order valence-electron chi connectivity index (χ2n) is 11.5. The highest BCUT2D eigenvalue weighted by atomic mass is 19.1. The van der Waals surface area contributed by atoms with E-state index in [9.17, 15) is 23.9 Å². The van der Waals surface area contributed by atoms with Crippen molar-refractivity contribution in [3.05, 3.63) is 119 Å². The highest BCUT2D eigenvalue weighted by Gasteiger charge is 2.33. The van der Waals surface area contributed by atoms with Gasteiger partial charge in [-0.1, -0.05) is 54.6 Å². The van der Waals surface area contributed by atoms with Gasteiger partial charge in [-0.2, -0.15) is 0 Å². The third-order valence-corrected chi connectivity index (χ3v) is 8.27. The number of halogens is 1. The summed E-state index contributed by atoms with van der Waals surface area (Å²) in [5.74, 6) is -1.81. The second-order valence-corrected chi connectivity index (χ2v) is 11.5. The van der Waals surface area contributed by atoms with Gasteiger partial charge in [0.2, 0.25) is 5.91 Å². The van der Waals surface area contributed by atoms with Gasteiger partial charge in [-0.15, -0.1) is 0 Å². The molecule has 0 spiro atoms. The summed E-state index contributed by atoms with van der Waals surface area (Å²) in [4.78, 5) is 41.3. The monoisotopic (exact) mass is 591 g/mol. The lowest BCUT2D eigenvalue weighted by Gasteiger charge is -2.32. The molecule has 4 aromatic carbocycles. The molecule has 2 N–H and O–H groups in total. The van der Waals surface area contributed by atoms with Crippen LogP contribution in [0, 0.1) is 11.7 Å². The number of benzene rings is 4. The number of carbonyl (C=O) groups excluding carboxylic acids is 2. The molecule has 0 saturated heterocycles. The molecule has 0 radical (unpaired) electrons. The first-order chi connectivity index (χ1) is 21.3. The standard InChI is InChI=1S/C36H34FN3O4/c37-31-10-4-9-29(20-31)35(43)38-32-21-28(13-14-33(32)39-17-15-25-6-1-2-7-30(25)23-39)27-8-3-5-24(19-27)22-40(18-16-34(41)42)36(44)26-11-12-26/h1-10,13-14,19-21,26H,11-12,15-18,22-23H2,(H,38,43)(H,41,42). The van der Waals surface area contributed by atoms with Crippen LogP contribution in [0.5, 0.6) is 0 Å². The van der Waals surface area contributed by atoms with Gasteiger partial charge in [0.05, 0.1) is 17.8 Å². The average molecular weight is 592 g/mol. The van der Waals surface area contributed by atoms with Crippen molar-refractivity contribution in [3.8, 4) is 11.1 Å². The fourth-order valence-electron chi connectivity index (χ4n) is 5.77. The summed E-state index contributed by atoms with van der Waals surface area (Å²) >= 11 is 0. The van der Waals surface area contributed by atoms with Gasteiger partial charge >= 0.3 is 5.97 Å². The Kier molecular flexibility index (Phi) is 8.41. The van der Waals surface area contributed by atoms with E-state index >= 15 is 0 Å². The van der Waals surface area contributed by atoms with Gasteiger partial charge in [-0.25, -0.2) is 4.39 Å². The number of hydrogen-bond acceptors (Lipinski definition) is 4. The Balaban J connectivity index is 1.30. The number of amides is 2. The lowest BCUT2D eigenvalue weighted by Crippen LogP contribution is -2.33. The van der Waals surface area contributed by atoms with Crippen LogP contribution < -0.4 is 10.2 Å².